The number of rotatable bonds is 5. The van der Waals surface area contributed by atoms with E-state index in [9.17, 15) is 4.79 Å². The number of benzene rings is 1. The van der Waals surface area contributed by atoms with E-state index in [0.29, 0.717) is 21.4 Å². The molecular formula is C28H28Cl2N6O3. The first-order valence-electron chi connectivity index (χ1n) is 12.8. The molecule has 11 heteroatoms. The van der Waals surface area contributed by atoms with Crippen molar-refractivity contribution >= 4 is 46.0 Å². The third-order valence-electron chi connectivity index (χ3n) is 7.80. The fourth-order valence-electron chi connectivity index (χ4n) is 5.61. The van der Waals surface area contributed by atoms with E-state index in [-0.39, 0.29) is 17.6 Å². The highest BCUT2D eigenvalue weighted by molar-refractivity contribution is 6.35. The van der Waals surface area contributed by atoms with E-state index >= 15 is 0 Å². The van der Waals surface area contributed by atoms with Crippen LogP contribution in [0.25, 0.3) is 22.2 Å². The molecule has 5 heterocycles. The molecule has 4 aromatic rings. The number of methoxy groups -OCH3 is 1. The molecule has 2 aliphatic heterocycles. The second-order valence-electron chi connectivity index (χ2n) is 10.3. The molecule has 0 radical (unpaired) electrons. The van der Waals surface area contributed by atoms with Crippen LogP contribution in [0.3, 0.4) is 0 Å². The van der Waals surface area contributed by atoms with Gasteiger partial charge in [-0.05, 0) is 50.1 Å². The first kappa shape index (κ1) is 25.7. The Labute approximate surface area is 236 Å². The van der Waals surface area contributed by atoms with Crippen LogP contribution >= 0.6 is 23.2 Å². The Morgan fingerprint density at radius 2 is 1.82 bits per heavy atom. The van der Waals surface area contributed by atoms with E-state index in [2.05, 4.69) is 26.1 Å². The maximum absolute atomic E-state index is 11.8. The molecule has 1 atom stereocenters. The number of halogens is 2. The topological polar surface area (TPSA) is 96.5 Å². The van der Waals surface area contributed by atoms with E-state index in [1.807, 2.05) is 37.4 Å². The van der Waals surface area contributed by atoms with Crippen molar-refractivity contribution in [2.24, 2.45) is 5.41 Å². The predicted octanol–water partition coefficient (Wildman–Crippen LogP) is 6.14. The number of piperidine rings is 1. The number of carbonyl (C=O) groups is 1. The molecule has 39 heavy (non-hydrogen) atoms. The van der Waals surface area contributed by atoms with Crippen molar-refractivity contribution in [3.05, 3.63) is 64.5 Å². The van der Waals surface area contributed by atoms with E-state index in [4.69, 9.17) is 37.7 Å². The van der Waals surface area contributed by atoms with Gasteiger partial charge < -0.3 is 19.3 Å². The summed E-state index contributed by atoms with van der Waals surface area (Å²) in [5, 5.41) is 9.51. The van der Waals surface area contributed by atoms with Crippen molar-refractivity contribution in [1.29, 1.82) is 0 Å². The summed E-state index contributed by atoms with van der Waals surface area (Å²) in [5.41, 5.74) is 3.57. The van der Waals surface area contributed by atoms with Gasteiger partial charge in [0, 0.05) is 66.7 Å². The lowest BCUT2D eigenvalue weighted by Crippen LogP contribution is -2.61. The van der Waals surface area contributed by atoms with Crippen LogP contribution in [0, 0.1) is 5.41 Å². The number of carbonyl (C=O) groups excluding carboxylic acids is 1. The Bertz CT molecular complexity index is 1490. The van der Waals surface area contributed by atoms with Gasteiger partial charge in [0.1, 0.15) is 23.4 Å². The van der Waals surface area contributed by atoms with Gasteiger partial charge in [-0.3, -0.25) is 10.1 Å². The van der Waals surface area contributed by atoms with Gasteiger partial charge >= 0.3 is 6.09 Å². The summed E-state index contributed by atoms with van der Waals surface area (Å²) in [6.07, 6.45) is 6.35. The number of aromatic nitrogens is 4. The molecule has 1 N–H and O–H groups in total. The molecule has 0 saturated carbocycles. The highest BCUT2D eigenvalue weighted by atomic mass is 35.5. The summed E-state index contributed by atoms with van der Waals surface area (Å²) < 4.78 is 11.1. The fraction of sp³-hybridized carbons (Fsp3) is 0.357. The van der Waals surface area contributed by atoms with Gasteiger partial charge in [0.05, 0.1) is 22.7 Å². The Hall–Kier alpha value is -3.56. The van der Waals surface area contributed by atoms with Crippen LogP contribution < -0.4 is 9.64 Å². The van der Waals surface area contributed by atoms with E-state index in [1.165, 1.54) is 7.11 Å². The SMILES string of the molecule is COC(=O)N1CCC2(CC1)CN(c1ccc(-c3n[nH]c4ccc(OC(C)c5c(Cl)cncc5Cl)cc34)cn1)C2. The molecule has 1 amide bonds. The minimum atomic E-state index is -0.366. The van der Waals surface area contributed by atoms with Crippen LogP contribution in [0.1, 0.15) is 31.4 Å². The molecule has 0 bridgehead atoms. The van der Waals surface area contributed by atoms with Gasteiger partial charge in [0.25, 0.3) is 0 Å². The average molecular weight is 567 g/mol. The third-order valence-corrected chi connectivity index (χ3v) is 8.40. The van der Waals surface area contributed by atoms with Crippen molar-refractivity contribution in [1.82, 2.24) is 25.1 Å². The monoisotopic (exact) mass is 566 g/mol. The molecule has 1 unspecified atom stereocenters. The van der Waals surface area contributed by atoms with Crippen molar-refractivity contribution in [2.75, 3.05) is 38.2 Å². The smallest absolute Gasteiger partial charge is 0.409 e. The van der Waals surface area contributed by atoms with Gasteiger partial charge in [-0.2, -0.15) is 5.10 Å². The Morgan fingerprint density at radius 3 is 2.49 bits per heavy atom. The van der Waals surface area contributed by atoms with E-state index in [0.717, 1.165) is 67.0 Å². The number of amides is 1. The number of pyridine rings is 2. The maximum atomic E-state index is 11.8. The molecule has 2 fully saturated rings. The summed E-state index contributed by atoms with van der Waals surface area (Å²) in [6.45, 7) is 5.28. The van der Waals surface area contributed by atoms with Gasteiger partial charge in [-0.1, -0.05) is 23.2 Å². The van der Waals surface area contributed by atoms with E-state index < -0.39 is 0 Å². The van der Waals surface area contributed by atoms with Crippen molar-refractivity contribution in [3.63, 3.8) is 0 Å². The van der Waals surface area contributed by atoms with Crippen LogP contribution in [0.2, 0.25) is 10.0 Å². The second kappa shape index (κ2) is 10.2. The zero-order valence-corrected chi connectivity index (χ0v) is 23.2. The zero-order valence-electron chi connectivity index (χ0n) is 21.7. The first-order valence-corrected chi connectivity index (χ1v) is 13.6. The number of nitrogens with zero attached hydrogens (tertiary/aromatic N) is 5. The lowest BCUT2D eigenvalue weighted by atomic mass is 9.72. The number of aromatic amines is 1. The van der Waals surface area contributed by atoms with Crippen molar-refractivity contribution in [3.8, 4) is 17.0 Å². The van der Waals surface area contributed by atoms with Crippen LogP contribution in [0.5, 0.6) is 5.75 Å². The number of anilines is 1. The summed E-state index contributed by atoms with van der Waals surface area (Å²) in [4.78, 5) is 24.6. The molecule has 3 aromatic heterocycles. The van der Waals surface area contributed by atoms with Gasteiger partial charge in [0.15, 0.2) is 0 Å². The van der Waals surface area contributed by atoms with Gasteiger partial charge in [-0.25, -0.2) is 9.78 Å². The van der Waals surface area contributed by atoms with Crippen LogP contribution in [-0.4, -0.2) is 64.4 Å². The normalized spacial score (nSPS) is 17.2. The molecule has 9 nitrogen and oxygen atoms in total. The first-order chi connectivity index (χ1) is 18.9. The summed E-state index contributed by atoms with van der Waals surface area (Å²) in [7, 11) is 1.43. The molecule has 0 aliphatic carbocycles. The molecule has 1 spiro atoms. The van der Waals surface area contributed by atoms with Gasteiger partial charge in [-0.15, -0.1) is 0 Å². The molecule has 202 valence electrons. The minimum absolute atomic E-state index is 0.236. The maximum Gasteiger partial charge on any atom is 0.409 e. The van der Waals surface area contributed by atoms with Crippen LogP contribution in [0.15, 0.2) is 48.9 Å². The highest BCUT2D eigenvalue weighted by Gasteiger charge is 2.46. The summed E-state index contributed by atoms with van der Waals surface area (Å²) >= 11 is 12.6. The van der Waals surface area contributed by atoms with Crippen molar-refractivity contribution in [2.45, 2.75) is 25.9 Å². The molecule has 2 saturated heterocycles. The number of ether oxygens (including phenoxy) is 2. The van der Waals surface area contributed by atoms with Crippen LogP contribution in [0.4, 0.5) is 10.6 Å². The molecule has 2 aliphatic rings. The summed E-state index contributed by atoms with van der Waals surface area (Å²) in [5.74, 6) is 1.62. The van der Waals surface area contributed by atoms with Gasteiger partial charge in [0.2, 0.25) is 0 Å². The third kappa shape index (κ3) is 4.85. The minimum Gasteiger partial charge on any atom is -0.486 e. The molecule has 1 aromatic carbocycles. The Balaban J connectivity index is 1.14. The van der Waals surface area contributed by atoms with E-state index in [1.54, 1.807) is 17.3 Å². The largest absolute Gasteiger partial charge is 0.486 e. The Kier molecular flexibility index (Phi) is 6.72. The Morgan fingerprint density at radius 1 is 1.08 bits per heavy atom. The lowest BCUT2D eigenvalue weighted by molar-refractivity contribution is 0.0621. The lowest BCUT2D eigenvalue weighted by Gasteiger charge is -2.54. The second-order valence-corrected chi connectivity index (χ2v) is 11.1. The number of hydrogen-bond acceptors (Lipinski definition) is 7. The predicted molar refractivity (Wildman–Crippen MR) is 150 cm³/mol. The number of H-pyrrole nitrogens is 1. The number of likely N-dealkylation sites (tertiary alicyclic amines) is 1. The highest BCUT2D eigenvalue weighted by Crippen LogP contribution is 2.42. The molecular weight excluding hydrogens is 539 g/mol. The molecule has 6 rings (SSSR count). The standard InChI is InChI=1S/C28H28Cl2N6O3/c1-17(25-21(29)13-31-14-22(25)30)39-19-4-5-23-20(11-19)26(34-33-23)18-3-6-24(32-12-18)36-15-28(16-36)7-9-35(10-8-28)27(37)38-2/h3-6,11-14,17H,7-10,15-16H2,1-2H3,(H,33,34). The van der Waals surface area contributed by atoms with Crippen molar-refractivity contribution < 1.29 is 14.3 Å². The fourth-order valence-corrected chi connectivity index (χ4v) is 6.28. The average Bonchev–Trinajstić information content (AvgIpc) is 3.34. The zero-order chi connectivity index (χ0) is 27.1. The number of nitrogens with one attached hydrogen (secondary N) is 1. The number of hydrogen-bond donors (Lipinski definition) is 1. The number of fused-ring (bicyclic) bond motifs is 1. The van der Waals surface area contributed by atoms with Crippen LogP contribution in [-0.2, 0) is 4.74 Å². The summed E-state index contributed by atoms with van der Waals surface area (Å²) in [6, 6.07) is 9.88. The quantitative estimate of drug-likeness (QED) is 0.310.